The summed E-state index contributed by atoms with van der Waals surface area (Å²) >= 11 is 1.50. The molecule has 126 valence electrons. The Balaban J connectivity index is 1.80. The second kappa shape index (κ2) is 7.83. The van der Waals surface area contributed by atoms with Crippen LogP contribution in [0.3, 0.4) is 0 Å². The van der Waals surface area contributed by atoms with E-state index in [4.69, 9.17) is 4.74 Å². The molecule has 0 aliphatic heterocycles. The van der Waals surface area contributed by atoms with Crippen molar-refractivity contribution in [2.24, 2.45) is 0 Å². The first kappa shape index (κ1) is 17.8. The van der Waals surface area contributed by atoms with Crippen molar-refractivity contribution in [2.45, 2.75) is 13.8 Å². The molecular formula is C17H16FNO4S. The molecule has 1 N–H and O–H groups in total. The summed E-state index contributed by atoms with van der Waals surface area (Å²) in [4.78, 5) is 37.2. The number of esters is 1. The molecule has 2 rings (SSSR count). The minimum absolute atomic E-state index is 0.100. The molecule has 0 aliphatic carbocycles. The van der Waals surface area contributed by atoms with E-state index in [2.05, 4.69) is 5.32 Å². The van der Waals surface area contributed by atoms with Crippen LogP contribution in [0.4, 0.5) is 4.39 Å². The van der Waals surface area contributed by atoms with Crippen LogP contribution in [0.1, 0.15) is 30.5 Å². The zero-order chi connectivity index (χ0) is 17.7. The summed E-state index contributed by atoms with van der Waals surface area (Å²) in [5.74, 6) is -2.17. The molecule has 0 spiro atoms. The molecule has 0 atom stereocenters. The summed E-state index contributed by atoms with van der Waals surface area (Å²) in [6, 6.07) is 6.85. The third-order valence-corrected chi connectivity index (χ3v) is 4.15. The van der Waals surface area contributed by atoms with Gasteiger partial charge < -0.3 is 10.1 Å². The van der Waals surface area contributed by atoms with Crippen molar-refractivity contribution in [2.75, 3.05) is 13.2 Å². The predicted octanol–water partition coefficient (Wildman–Crippen LogP) is 2.66. The number of carbonyl (C=O) groups is 3. The van der Waals surface area contributed by atoms with E-state index in [1.54, 1.807) is 6.07 Å². The Hall–Kier alpha value is -2.54. The second-order valence-electron chi connectivity index (χ2n) is 5.10. The Morgan fingerprint density at radius 3 is 2.58 bits per heavy atom. The van der Waals surface area contributed by atoms with Crippen LogP contribution < -0.4 is 5.32 Å². The number of halogens is 1. The summed E-state index contributed by atoms with van der Waals surface area (Å²) in [6.45, 7) is 2.93. The summed E-state index contributed by atoms with van der Waals surface area (Å²) < 4.78 is 17.9. The molecule has 2 aromatic rings. The van der Waals surface area contributed by atoms with Crippen LogP contribution in [0.15, 0.2) is 30.3 Å². The Morgan fingerprint density at radius 2 is 1.96 bits per heavy atom. The normalized spacial score (nSPS) is 10.3. The smallest absolute Gasteiger partial charge is 0.325 e. The van der Waals surface area contributed by atoms with Crippen molar-refractivity contribution in [1.82, 2.24) is 5.32 Å². The number of thiophene rings is 1. The van der Waals surface area contributed by atoms with E-state index in [9.17, 15) is 18.8 Å². The van der Waals surface area contributed by atoms with Gasteiger partial charge >= 0.3 is 5.97 Å². The molecule has 0 unspecified atom stereocenters. The largest absolute Gasteiger partial charge is 0.456 e. The first-order valence-electron chi connectivity index (χ1n) is 7.16. The van der Waals surface area contributed by atoms with Crippen molar-refractivity contribution in [3.05, 3.63) is 57.0 Å². The van der Waals surface area contributed by atoms with Gasteiger partial charge in [-0.15, -0.1) is 11.3 Å². The lowest BCUT2D eigenvalue weighted by molar-refractivity contribution is -0.141. The van der Waals surface area contributed by atoms with E-state index >= 15 is 0 Å². The first-order chi connectivity index (χ1) is 11.4. The summed E-state index contributed by atoms with van der Waals surface area (Å²) in [5, 5.41) is 2.32. The molecular weight excluding hydrogens is 333 g/mol. The van der Waals surface area contributed by atoms with Gasteiger partial charge in [0.15, 0.2) is 6.61 Å². The lowest BCUT2D eigenvalue weighted by Crippen LogP contribution is -2.31. The molecule has 0 radical (unpaired) electrons. The van der Waals surface area contributed by atoms with Crippen LogP contribution in [0.5, 0.6) is 0 Å². The molecule has 0 saturated heterocycles. The van der Waals surface area contributed by atoms with Crippen molar-refractivity contribution < 1.29 is 23.5 Å². The summed E-state index contributed by atoms with van der Waals surface area (Å²) in [6.07, 6.45) is 0. The molecule has 0 fully saturated rings. The van der Waals surface area contributed by atoms with Crippen LogP contribution in [-0.2, 0) is 9.53 Å². The highest BCUT2D eigenvalue weighted by Gasteiger charge is 2.15. The van der Waals surface area contributed by atoms with Gasteiger partial charge in [0, 0.05) is 20.9 Å². The maximum atomic E-state index is 13.0. The first-order valence-corrected chi connectivity index (χ1v) is 7.98. The van der Waals surface area contributed by atoms with Crippen molar-refractivity contribution in [3.63, 3.8) is 0 Å². The lowest BCUT2D eigenvalue weighted by atomic mass is 10.2. The molecule has 7 heteroatoms. The van der Waals surface area contributed by atoms with Crippen LogP contribution >= 0.6 is 11.3 Å². The molecule has 1 heterocycles. The van der Waals surface area contributed by atoms with Crippen molar-refractivity contribution in [1.29, 1.82) is 0 Å². The summed E-state index contributed by atoms with van der Waals surface area (Å²) in [7, 11) is 0. The quantitative estimate of drug-likeness (QED) is 0.643. The second-order valence-corrected chi connectivity index (χ2v) is 6.56. The van der Waals surface area contributed by atoms with E-state index in [0.29, 0.717) is 5.56 Å². The number of benzene rings is 1. The Kier molecular flexibility index (Phi) is 5.81. The molecule has 1 amide bonds. The number of aryl methyl sites for hydroxylation is 2. The van der Waals surface area contributed by atoms with Gasteiger partial charge in [-0.05, 0) is 38.1 Å². The highest BCUT2D eigenvalue weighted by Crippen LogP contribution is 2.20. The van der Waals surface area contributed by atoms with Gasteiger partial charge in [-0.1, -0.05) is 6.07 Å². The van der Waals surface area contributed by atoms with E-state index in [1.165, 1.54) is 29.5 Å². The molecule has 0 saturated carbocycles. The average molecular weight is 349 g/mol. The maximum Gasteiger partial charge on any atom is 0.325 e. The summed E-state index contributed by atoms with van der Waals surface area (Å²) in [5.41, 5.74) is 0.636. The zero-order valence-electron chi connectivity index (χ0n) is 13.2. The number of ether oxygens (including phenoxy) is 1. The van der Waals surface area contributed by atoms with E-state index < -0.39 is 24.2 Å². The van der Waals surface area contributed by atoms with E-state index in [0.717, 1.165) is 15.8 Å². The highest BCUT2D eigenvalue weighted by molar-refractivity contribution is 7.12. The van der Waals surface area contributed by atoms with E-state index in [-0.39, 0.29) is 18.0 Å². The number of Topliss-reactive ketones (excluding diaryl/α,β-unsaturated/α-hetero) is 1. The van der Waals surface area contributed by atoms with Crippen LogP contribution in [-0.4, -0.2) is 30.8 Å². The molecule has 1 aromatic heterocycles. The zero-order valence-corrected chi connectivity index (χ0v) is 14.0. The Morgan fingerprint density at radius 1 is 1.21 bits per heavy atom. The minimum Gasteiger partial charge on any atom is -0.456 e. The van der Waals surface area contributed by atoms with Crippen molar-refractivity contribution in [3.8, 4) is 0 Å². The topological polar surface area (TPSA) is 72.5 Å². The van der Waals surface area contributed by atoms with Crippen LogP contribution in [0, 0.1) is 19.7 Å². The van der Waals surface area contributed by atoms with Gasteiger partial charge in [0.05, 0.1) is 0 Å². The fourth-order valence-corrected chi connectivity index (χ4v) is 3.01. The number of nitrogens with one attached hydrogen (secondary N) is 1. The van der Waals surface area contributed by atoms with Gasteiger partial charge in [0.1, 0.15) is 12.4 Å². The van der Waals surface area contributed by atoms with Crippen LogP contribution in [0.2, 0.25) is 0 Å². The van der Waals surface area contributed by atoms with E-state index in [1.807, 2.05) is 13.8 Å². The molecule has 5 nitrogen and oxygen atoms in total. The van der Waals surface area contributed by atoms with Gasteiger partial charge in [-0.2, -0.15) is 0 Å². The van der Waals surface area contributed by atoms with Crippen molar-refractivity contribution >= 4 is 29.0 Å². The number of ketones is 1. The van der Waals surface area contributed by atoms with Crippen LogP contribution in [0.25, 0.3) is 0 Å². The fraction of sp³-hybridized carbons (Fsp3) is 0.235. The molecule has 0 aliphatic rings. The third-order valence-electron chi connectivity index (χ3n) is 3.19. The Labute approximate surface area is 142 Å². The Bertz CT molecular complexity index is 785. The fourth-order valence-electron chi connectivity index (χ4n) is 2.07. The highest BCUT2D eigenvalue weighted by atomic mass is 32.1. The van der Waals surface area contributed by atoms with Gasteiger partial charge in [0.2, 0.25) is 5.78 Å². The average Bonchev–Trinajstić information content (AvgIpc) is 2.88. The van der Waals surface area contributed by atoms with Gasteiger partial charge in [-0.3, -0.25) is 14.4 Å². The number of rotatable bonds is 6. The predicted molar refractivity (Wildman–Crippen MR) is 87.8 cm³/mol. The monoisotopic (exact) mass is 349 g/mol. The minimum atomic E-state index is -0.738. The van der Waals surface area contributed by atoms with Gasteiger partial charge in [-0.25, -0.2) is 4.39 Å². The SMILES string of the molecule is Cc1cc(C(=O)COC(=O)CNC(=O)c2cccc(F)c2)c(C)s1. The maximum absolute atomic E-state index is 13.0. The molecule has 24 heavy (non-hydrogen) atoms. The number of hydrogen-bond acceptors (Lipinski definition) is 5. The van der Waals surface area contributed by atoms with Gasteiger partial charge in [0.25, 0.3) is 5.91 Å². The number of amides is 1. The number of hydrogen-bond donors (Lipinski definition) is 1. The molecule has 1 aromatic carbocycles. The standard InChI is InChI=1S/C17H16FNO4S/c1-10-6-14(11(2)24-10)15(20)9-23-16(21)8-19-17(22)12-4-3-5-13(18)7-12/h3-7H,8-9H2,1-2H3,(H,19,22). The third kappa shape index (κ3) is 4.73. The lowest BCUT2D eigenvalue weighted by Gasteiger charge is -2.06. The number of carbonyl (C=O) groups excluding carboxylic acids is 3. The molecule has 0 bridgehead atoms.